The maximum Gasteiger partial charge on any atom is 0.0393 e. The standard InChI is InChI=1S/C17H27N3/c1-19(2)13-14-7-10-20(11-8-14)16-6-5-15-4-3-9-18-17(15)12-16/h5-6,12,14,18H,3-4,7-11,13H2,1-2H3. The molecule has 1 N–H and O–H groups in total. The molecule has 1 aromatic rings. The van der Waals surface area contributed by atoms with Crippen LogP contribution in [0.5, 0.6) is 0 Å². The Kier molecular flexibility index (Phi) is 4.16. The predicted molar refractivity (Wildman–Crippen MR) is 86.7 cm³/mol. The van der Waals surface area contributed by atoms with E-state index in [-0.39, 0.29) is 0 Å². The van der Waals surface area contributed by atoms with Gasteiger partial charge < -0.3 is 15.1 Å². The van der Waals surface area contributed by atoms with Crippen LogP contribution in [0.25, 0.3) is 0 Å². The molecule has 0 atom stereocenters. The van der Waals surface area contributed by atoms with Crippen LogP contribution in [0.15, 0.2) is 18.2 Å². The Bertz CT molecular complexity index is 448. The summed E-state index contributed by atoms with van der Waals surface area (Å²) in [6, 6.07) is 7.00. The number of benzene rings is 1. The van der Waals surface area contributed by atoms with E-state index in [0.29, 0.717) is 0 Å². The fourth-order valence-corrected chi connectivity index (χ4v) is 3.54. The van der Waals surface area contributed by atoms with Gasteiger partial charge in [0.1, 0.15) is 0 Å². The summed E-state index contributed by atoms with van der Waals surface area (Å²) in [6.07, 6.45) is 5.14. The molecule has 0 radical (unpaired) electrons. The zero-order chi connectivity index (χ0) is 13.9. The topological polar surface area (TPSA) is 18.5 Å². The summed E-state index contributed by atoms with van der Waals surface area (Å²) in [5.74, 6) is 0.872. The van der Waals surface area contributed by atoms with Gasteiger partial charge in [-0.25, -0.2) is 0 Å². The Morgan fingerprint density at radius 3 is 2.80 bits per heavy atom. The second kappa shape index (κ2) is 6.04. The van der Waals surface area contributed by atoms with Gasteiger partial charge in [-0.2, -0.15) is 0 Å². The zero-order valence-electron chi connectivity index (χ0n) is 12.9. The number of anilines is 2. The lowest BCUT2D eigenvalue weighted by atomic mass is 9.95. The molecule has 2 heterocycles. The fraction of sp³-hybridized carbons (Fsp3) is 0.647. The molecule has 3 heteroatoms. The van der Waals surface area contributed by atoms with E-state index in [9.17, 15) is 0 Å². The maximum atomic E-state index is 3.54. The molecule has 1 aromatic carbocycles. The van der Waals surface area contributed by atoms with Gasteiger partial charge in [-0.1, -0.05) is 6.07 Å². The smallest absolute Gasteiger partial charge is 0.0393 e. The number of nitrogens with zero attached hydrogens (tertiary/aromatic N) is 2. The van der Waals surface area contributed by atoms with Crippen molar-refractivity contribution in [3.63, 3.8) is 0 Å². The van der Waals surface area contributed by atoms with E-state index >= 15 is 0 Å². The van der Waals surface area contributed by atoms with Crippen molar-refractivity contribution >= 4 is 11.4 Å². The first-order valence-corrected chi connectivity index (χ1v) is 7.99. The average Bonchev–Trinajstić information content (AvgIpc) is 2.47. The van der Waals surface area contributed by atoms with Crippen molar-refractivity contribution in [3.8, 4) is 0 Å². The zero-order valence-corrected chi connectivity index (χ0v) is 12.9. The van der Waals surface area contributed by atoms with Gasteiger partial charge in [0.05, 0.1) is 0 Å². The van der Waals surface area contributed by atoms with E-state index in [1.165, 1.54) is 62.3 Å². The van der Waals surface area contributed by atoms with Crippen LogP contribution in [-0.2, 0) is 6.42 Å². The fourth-order valence-electron chi connectivity index (χ4n) is 3.54. The molecule has 0 saturated carbocycles. The lowest BCUT2D eigenvalue weighted by Crippen LogP contribution is -2.37. The van der Waals surface area contributed by atoms with Crippen LogP contribution in [-0.4, -0.2) is 45.2 Å². The summed E-state index contributed by atoms with van der Waals surface area (Å²) in [4.78, 5) is 4.88. The molecule has 2 aliphatic rings. The van der Waals surface area contributed by atoms with E-state index in [1.807, 2.05) is 0 Å². The van der Waals surface area contributed by atoms with Crippen LogP contribution in [0.2, 0.25) is 0 Å². The third-order valence-electron chi connectivity index (χ3n) is 4.63. The predicted octanol–water partition coefficient (Wildman–Crippen LogP) is 2.82. The molecule has 0 aromatic heterocycles. The second-order valence-electron chi connectivity index (χ2n) is 6.56. The number of hydrogen-bond donors (Lipinski definition) is 1. The summed E-state index contributed by atoms with van der Waals surface area (Å²) >= 11 is 0. The lowest BCUT2D eigenvalue weighted by Gasteiger charge is -2.35. The number of rotatable bonds is 3. The second-order valence-corrected chi connectivity index (χ2v) is 6.56. The van der Waals surface area contributed by atoms with E-state index in [4.69, 9.17) is 0 Å². The van der Waals surface area contributed by atoms with Crippen molar-refractivity contribution < 1.29 is 0 Å². The summed E-state index contributed by atoms with van der Waals surface area (Å²) in [5, 5.41) is 3.54. The van der Waals surface area contributed by atoms with Crippen LogP contribution in [0.1, 0.15) is 24.8 Å². The van der Waals surface area contributed by atoms with Gasteiger partial charge in [0.15, 0.2) is 0 Å². The molecule has 0 amide bonds. The largest absolute Gasteiger partial charge is 0.385 e. The Labute approximate surface area is 123 Å². The van der Waals surface area contributed by atoms with Crippen molar-refractivity contribution in [2.45, 2.75) is 25.7 Å². The first-order valence-electron chi connectivity index (χ1n) is 7.99. The molecule has 0 spiro atoms. The van der Waals surface area contributed by atoms with Crippen molar-refractivity contribution in [3.05, 3.63) is 23.8 Å². The quantitative estimate of drug-likeness (QED) is 0.913. The van der Waals surface area contributed by atoms with Gasteiger partial charge in [0.25, 0.3) is 0 Å². The van der Waals surface area contributed by atoms with Gasteiger partial charge in [0, 0.05) is 37.6 Å². The molecule has 2 aliphatic heterocycles. The van der Waals surface area contributed by atoms with Crippen LogP contribution in [0.4, 0.5) is 11.4 Å². The Morgan fingerprint density at radius 1 is 1.25 bits per heavy atom. The molecule has 1 fully saturated rings. The van der Waals surface area contributed by atoms with Gasteiger partial charge >= 0.3 is 0 Å². The van der Waals surface area contributed by atoms with Crippen molar-refractivity contribution in [1.29, 1.82) is 0 Å². The van der Waals surface area contributed by atoms with E-state index < -0.39 is 0 Å². The monoisotopic (exact) mass is 273 g/mol. The summed E-state index contributed by atoms with van der Waals surface area (Å²) in [7, 11) is 4.36. The maximum absolute atomic E-state index is 3.54. The molecule has 0 aliphatic carbocycles. The molecule has 0 bridgehead atoms. The first kappa shape index (κ1) is 13.7. The third-order valence-corrected chi connectivity index (χ3v) is 4.63. The van der Waals surface area contributed by atoms with E-state index in [1.54, 1.807) is 0 Å². The average molecular weight is 273 g/mol. The Morgan fingerprint density at radius 2 is 2.05 bits per heavy atom. The van der Waals surface area contributed by atoms with E-state index in [0.717, 1.165) is 12.5 Å². The molecule has 0 unspecified atom stereocenters. The SMILES string of the molecule is CN(C)CC1CCN(c2ccc3c(c2)NCCC3)CC1. The van der Waals surface area contributed by atoms with Gasteiger partial charge in [0.2, 0.25) is 0 Å². The number of hydrogen-bond acceptors (Lipinski definition) is 3. The molecular weight excluding hydrogens is 246 g/mol. The highest BCUT2D eigenvalue weighted by molar-refractivity contribution is 5.63. The lowest BCUT2D eigenvalue weighted by molar-refractivity contribution is 0.285. The third kappa shape index (κ3) is 3.09. The highest BCUT2D eigenvalue weighted by Gasteiger charge is 2.20. The minimum absolute atomic E-state index is 0.872. The van der Waals surface area contributed by atoms with Gasteiger partial charge in [-0.05, 0) is 63.4 Å². The number of nitrogens with one attached hydrogen (secondary N) is 1. The van der Waals surface area contributed by atoms with Gasteiger partial charge in [-0.15, -0.1) is 0 Å². The van der Waals surface area contributed by atoms with E-state index in [2.05, 4.69) is 47.4 Å². The normalized spacial score (nSPS) is 19.9. The molecule has 20 heavy (non-hydrogen) atoms. The van der Waals surface area contributed by atoms with Crippen LogP contribution in [0.3, 0.4) is 0 Å². The molecule has 3 nitrogen and oxygen atoms in total. The van der Waals surface area contributed by atoms with Crippen molar-refractivity contribution in [2.24, 2.45) is 5.92 Å². The molecule has 3 rings (SSSR count). The summed E-state index contributed by atoms with van der Waals surface area (Å²) in [6.45, 7) is 4.77. The Hall–Kier alpha value is -1.22. The number of piperidine rings is 1. The minimum atomic E-state index is 0.872. The highest BCUT2D eigenvalue weighted by atomic mass is 15.1. The van der Waals surface area contributed by atoms with Crippen molar-refractivity contribution in [2.75, 3.05) is 50.5 Å². The molecular formula is C17H27N3. The van der Waals surface area contributed by atoms with Crippen LogP contribution < -0.4 is 10.2 Å². The molecule has 1 saturated heterocycles. The number of aryl methyl sites for hydroxylation is 1. The van der Waals surface area contributed by atoms with Crippen molar-refractivity contribution in [1.82, 2.24) is 4.90 Å². The molecule has 110 valence electrons. The number of fused-ring (bicyclic) bond motifs is 1. The van der Waals surface area contributed by atoms with Gasteiger partial charge in [-0.3, -0.25) is 0 Å². The first-order chi connectivity index (χ1) is 9.72. The van der Waals surface area contributed by atoms with Crippen LogP contribution in [0, 0.1) is 5.92 Å². The summed E-state index contributed by atoms with van der Waals surface area (Å²) < 4.78 is 0. The Balaban J connectivity index is 1.63. The minimum Gasteiger partial charge on any atom is -0.385 e. The van der Waals surface area contributed by atoms with Crippen LogP contribution >= 0.6 is 0 Å². The summed E-state index contributed by atoms with van der Waals surface area (Å²) in [5.41, 5.74) is 4.26. The highest BCUT2D eigenvalue weighted by Crippen LogP contribution is 2.30.